The first kappa shape index (κ1) is 15.0. The molecule has 0 aliphatic carbocycles. The molecule has 1 aromatic carbocycles. The molecular weight excluding hydrogens is 342 g/mol. The molecule has 0 saturated heterocycles. The molecule has 120 valence electrons. The predicted octanol–water partition coefficient (Wildman–Crippen LogP) is 3.05. The molecule has 0 spiro atoms. The Hall–Kier alpha value is -2.52. The summed E-state index contributed by atoms with van der Waals surface area (Å²) < 4.78 is 2.55. The Balaban J connectivity index is 1.49. The third kappa shape index (κ3) is 3.22. The van der Waals surface area contributed by atoms with Crippen LogP contribution in [0.1, 0.15) is 11.3 Å². The number of anilines is 1. The first-order chi connectivity index (χ1) is 11.8. The summed E-state index contributed by atoms with van der Waals surface area (Å²) >= 11 is 3.02. The topological polar surface area (TPSA) is 80.9 Å². The first-order valence-electron chi connectivity index (χ1n) is 7.24. The molecule has 0 unspecified atom stereocenters. The fourth-order valence-corrected chi connectivity index (χ4v) is 3.99. The van der Waals surface area contributed by atoms with E-state index in [1.165, 1.54) is 35.0 Å². The monoisotopic (exact) mass is 355 g/mol. The average Bonchev–Trinajstić information content (AvgIpc) is 3.23. The zero-order valence-electron chi connectivity index (χ0n) is 12.7. The number of fused-ring (bicyclic) bond motifs is 1. The van der Waals surface area contributed by atoms with Crippen LogP contribution < -0.4 is 5.32 Å². The van der Waals surface area contributed by atoms with Crippen LogP contribution in [0.2, 0.25) is 0 Å². The first-order valence-corrected chi connectivity index (χ1v) is 8.88. The van der Waals surface area contributed by atoms with Crippen LogP contribution in [0, 0.1) is 6.92 Å². The maximum atomic E-state index is 4.34. The van der Waals surface area contributed by atoms with Crippen molar-refractivity contribution >= 4 is 34.0 Å². The van der Waals surface area contributed by atoms with Crippen LogP contribution in [0.25, 0.3) is 5.78 Å². The van der Waals surface area contributed by atoms with Gasteiger partial charge in [0.15, 0.2) is 4.34 Å². The third-order valence-corrected chi connectivity index (χ3v) is 5.16. The van der Waals surface area contributed by atoms with Crippen molar-refractivity contribution in [2.75, 3.05) is 5.32 Å². The van der Waals surface area contributed by atoms with E-state index in [1.807, 2.05) is 31.2 Å². The number of nitrogens with zero attached hydrogens (tertiary/aromatic N) is 6. The second-order valence-electron chi connectivity index (χ2n) is 5.02. The fraction of sp³-hybridized carbons (Fsp3) is 0.133. The molecule has 0 atom stereocenters. The van der Waals surface area contributed by atoms with Crippen molar-refractivity contribution in [1.82, 2.24) is 29.8 Å². The molecule has 4 rings (SSSR count). The molecule has 3 heterocycles. The Bertz CT molecular complexity index is 964. The lowest BCUT2D eigenvalue weighted by Gasteiger charge is -2.02. The van der Waals surface area contributed by atoms with Gasteiger partial charge in [-0.25, -0.2) is 4.98 Å². The Morgan fingerprint density at radius 1 is 1.21 bits per heavy atom. The third-order valence-electron chi connectivity index (χ3n) is 3.23. The second-order valence-corrected chi connectivity index (χ2v) is 7.27. The highest BCUT2D eigenvalue weighted by Crippen LogP contribution is 2.32. The Labute approximate surface area is 146 Å². The Kier molecular flexibility index (Phi) is 4.09. The number of rotatable bonds is 5. The van der Waals surface area contributed by atoms with E-state index in [1.54, 1.807) is 4.52 Å². The molecule has 0 bridgehead atoms. The minimum atomic E-state index is 0.587. The van der Waals surface area contributed by atoms with Gasteiger partial charge >= 0.3 is 0 Å². The van der Waals surface area contributed by atoms with Gasteiger partial charge in [0.2, 0.25) is 5.13 Å². The van der Waals surface area contributed by atoms with Crippen LogP contribution in [-0.4, -0.2) is 29.8 Å². The molecule has 0 fully saturated rings. The molecule has 0 aliphatic heterocycles. The number of benzene rings is 1. The maximum Gasteiger partial charge on any atom is 0.253 e. The van der Waals surface area contributed by atoms with E-state index in [0.29, 0.717) is 5.78 Å². The van der Waals surface area contributed by atoms with Crippen molar-refractivity contribution < 1.29 is 0 Å². The average molecular weight is 355 g/mol. The van der Waals surface area contributed by atoms with Crippen molar-refractivity contribution in [3.8, 4) is 0 Å². The van der Waals surface area contributed by atoms with Crippen molar-refractivity contribution in [1.29, 1.82) is 0 Å². The van der Waals surface area contributed by atoms with Crippen molar-refractivity contribution in [2.45, 2.75) is 22.8 Å². The number of aromatic nitrogens is 6. The number of aryl methyl sites for hydroxylation is 1. The van der Waals surface area contributed by atoms with E-state index >= 15 is 0 Å². The quantitative estimate of drug-likeness (QED) is 0.551. The molecule has 4 aromatic rings. The largest absolute Gasteiger partial charge is 0.356 e. The van der Waals surface area contributed by atoms with Crippen molar-refractivity contribution in [3.05, 3.63) is 54.0 Å². The molecule has 0 radical (unpaired) electrons. The highest BCUT2D eigenvalue weighted by Gasteiger charge is 2.11. The van der Waals surface area contributed by atoms with Gasteiger partial charge in [0, 0.05) is 12.2 Å². The molecule has 9 heteroatoms. The fourth-order valence-electron chi connectivity index (χ4n) is 2.16. The van der Waals surface area contributed by atoms with Crippen LogP contribution in [-0.2, 0) is 6.54 Å². The summed E-state index contributed by atoms with van der Waals surface area (Å²) in [6.07, 6.45) is 1.50. The Morgan fingerprint density at radius 2 is 2.08 bits per heavy atom. The number of hydrogen-bond acceptors (Lipinski definition) is 8. The molecule has 3 aromatic heterocycles. The summed E-state index contributed by atoms with van der Waals surface area (Å²) in [5.74, 6) is 0.587. The minimum absolute atomic E-state index is 0.587. The van der Waals surface area contributed by atoms with E-state index in [9.17, 15) is 0 Å². The molecule has 7 nitrogen and oxygen atoms in total. The van der Waals surface area contributed by atoms with Gasteiger partial charge in [0.05, 0.1) is 0 Å². The molecule has 0 saturated carbocycles. The summed E-state index contributed by atoms with van der Waals surface area (Å²) in [5.41, 5.74) is 2.10. The summed E-state index contributed by atoms with van der Waals surface area (Å²) in [5, 5.41) is 17.6. The van der Waals surface area contributed by atoms with Crippen molar-refractivity contribution in [3.63, 3.8) is 0 Å². The highest BCUT2D eigenvalue weighted by molar-refractivity contribution is 8.01. The molecule has 0 aliphatic rings. The van der Waals surface area contributed by atoms with Crippen LogP contribution in [0.3, 0.4) is 0 Å². The second kappa shape index (κ2) is 6.54. The molecule has 24 heavy (non-hydrogen) atoms. The van der Waals surface area contributed by atoms with Gasteiger partial charge in [-0.15, -0.1) is 10.2 Å². The van der Waals surface area contributed by atoms with Crippen LogP contribution >= 0.6 is 23.1 Å². The van der Waals surface area contributed by atoms with E-state index in [-0.39, 0.29) is 0 Å². The lowest BCUT2D eigenvalue weighted by Crippen LogP contribution is -1.98. The predicted molar refractivity (Wildman–Crippen MR) is 93.3 cm³/mol. The van der Waals surface area contributed by atoms with Crippen LogP contribution in [0.5, 0.6) is 0 Å². The minimum Gasteiger partial charge on any atom is -0.356 e. The van der Waals surface area contributed by atoms with E-state index in [4.69, 9.17) is 0 Å². The summed E-state index contributed by atoms with van der Waals surface area (Å²) in [6.45, 7) is 2.66. The molecule has 1 N–H and O–H groups in total. The van der Waals surface area contributed by atoms with Gasteiger partial charge in [-0.3, -0.25) is 0 Å². The smallest absolute Gasteiger partial charge is 0.253 e. The number of hydrogen-bond donors (Lipinski definition) is 1. The normalized spacial score (nSPS) is 11.0. The zero-order valence-corrected chi connectivity index (χ0v) is 14.4. The van der Waals surface area contributed by atoms with E-state index in [0.717, 1.165) is 26.7 Å². The molecular formula is C15H13N7S2. The van der Waals surface area contributed by atoms with Crippen LogP contribution in [0.4, 0.5) is 5.13 Å². The van der Waals surface area contributed by atoms with Gasteiger partial charge in [0.1, 0.15) is 11.4 Å². The van der Waals surface area contributed by atoms with E-state index in [2.05, 4.69) is 42.7 Å². The van der Waals surface area contributed by atoms with Gasteiger partial charge in [-0.1, -0.05) is 41.7 Å². The van der Waals surface area contributed by atoms with Gasteiger partial charge in [-0.2, -0.15) is 14.6 Å². The molecule has 0 amide bonds. The Morgan fingerprint density at radius 3 is 2.96 bits per heavy atom. The zero-order chi connectivity index (χ0) is 16.4. The van der Waals surface area contributed by atoms with Gasteiger partial charge in [-0.05, 0) is 30.3 Å². The summed E-state index contributed by atoms with van der Waals surface area (Å²) in [7, 11) is 0. The van der Waals surface area contributed by atoms with Crippen molar-refractivity contribution in [2.24, 2.45) is 0 Å². The standard InChI is InChI=1S/C15H13N7S2/c1-10-7-12(22-13(19-10)17-9-18-22)23-15-21-20-14(24-15)16-8-11-5-3-2-4-6-11/h2-7,9H,8H2,1H3,(H,16,20). The van der Waals surface area contributed by atoms with E-state index < -0.39 is 0 Å². The lowest BCUT2D eigenvalue weighted by atomic mass is 10.2. The lowest BCUT2D eigenvalue weighted by molar-refractivity contribution is 0.832. The number of nitrogens with one attached hydrogen (secondary N) is 1. The summed E-state index contributed by atoms with van der Waals surface area (Å²) in [6, 6.07) is 12.2. The van der Waals surface area contributed by atoms with Gasteiger partial charge in [0.25, 0.3) is 5.78 Å². The highest BCUT2D eigenvalue weighted by atomic mass is 32.2. The maximum absolute atomic E-state index is 4.34. The SMILES string of the molecule is Cc1cc(Sc2nnc(NCc3ccccc3)s2)n2ncnc2n1. The van der Waals surface area contributed by atoms with Gasteiger partial charge < -0.3 is 5.32 Å². The summed E-state index contributed by atoms with van der Waals surface area (Å²) in [4.78, 5) is 8.47. The van der Waals surface area contributed by atoms with Crippen LogP contribution in [0.15, 0.2) is 52.1 Å².